The van der Waals surface area contributed by atoms with E-state index in [0.717, 1.165) is 12.8 Å². The number of amides is 2. The summed E-state index contributed by atoms with van der Waals surface area (Å²) in [6.45, 7) is 0. The second-order valence-corrected chi connectivity index (χ2v) is 5.04. The molecule has 2 amide bonds. The van der Waals surface area contributed by atoms with Crippen LogP contribution in [0, 0.1) is 0 Å². The van der Waals surface area contributed by atoms with Gasteiger partial charge in [0.15, 0.2) is 0 Å². The average Bonchev–Trinajstić information content (AvgIpc) is 2.75. The molecule has 1 aliphatic carbocycles. The van der Waals surface area contributed by atoms with Gasteiger partial charge in [-0.2, -0.15) is 0 Å². The van der Waals surface area contributed by atoms with E-state index in [1.165, 1.54) is 11.1 Å². The first-order chi connectivity index (χ1) is 8.72. The Kier molecular flexibility index (Phi) is 2.88. The molecule has 18 heavy (non-hydrogen) atoms. The number of carbonyl (C=O) groups is 2. The Hall–Kier alpha value is -1.68. The predicted octanol–water partition coefficient (Wildman–Crippen LogP) is 0.549. The number of piperidine rings is 1. The van der Waals surface area contributed by atoms with Crippen LogP contribution in [0.1, 0.15) is 24.0 Å². The number of fused-ring (bicyclic) bond motifs is 1. The summed E-state index contributed by atoms with van der Waals surface area (Å²) in [5.74, 6) is -0.338. The van der Waals surface area contributed by atoms with Crippen LogP contribution in [0.3, 0.4) is 0 Å². The van der Waals surface area contributed by atoms with Crippen LogP contribution in [-0.2, 0) is 22.4 Å². The first-order valence-corrected chi connectivity index (χ1v) is 6.39. The lowest BCUT2D eigenvalue weighted by Gasteiger charge is -2.25. The Labute approximate surface area is 106 Å². The fourth-order valence-corrected chi connectivity index (χ4v) is 2.81. The molecule has 0 radical (unpaired) electrons. The van der Waals surface area contributed by atoms with Gasteiger partial charge in [-0.1, -0.05) is 24.3 Å². The molecule has 0 aromatic heterocycles. The van der Waals surface area contributed by atoms with Gasteiger partial charge in [0.25, 0.3) is 0 Å². The summed E-state index contributed by atoms with van der Waals surface area (Å²) < 4.78 is 0. The van der Waals surface area contributed by atoms with Crippen molar-refractivity contribution in [2.24, 2.45) is 0 Å². The van der Waals surface area contributed by atoms with Crippen LogP contribution in [-0.4, -0.2) is 23.9 Å². The first kappa shape index (κ1) is 11.4. The summed E-state index contributed by atoms with van der Waals surface area (Å²) in [4.78, 5) is 22.7. The van der Waals surface area contributed by atoms with Gasteiger partial charge in [-0.15, -0.1) is 0 Å². The van der Waals surface area contributed by atoms with Crippen molar-refractivity contribution in [1.29, 1.82) is 0 Å². The fourth-order valence-electron chi connectivity index (χ4n) is 2.81. The Bertz CT molecular complexity index is 473. The van der Waals surface area contributed by atoms with Crippen molar-refractivity contribution < 1.29 is 9.59 Å². The van der Waals surface area contributed by atoms with Crippen molar-refractivity contribution >= 4 is 11.8 Å². The van der Waals surface area contributed by atoms with E-state index in [1.807, 2.05) is 12.1 Å². The van der Waals surface area contributed by atoms with Gasteiger partial charge >= 0.3 is 0 Å². The van der Waals surface area contributed by atoms with Crippen LogP contribution in [0.4, 0.5) is 0 Å². The maximum atomic E-state index is 11.7. The predicted molar refractivity (Wildman–Crippen MR) is 66.9 cm³/mol. The lowest BCUT2D eigenvalue weighted by molar-refractivity contribution is -0.134. The molecule has 2 aliphatic rings. The molecule has 1 unspecified atom stereocenters. The third-order valence-electron chi connectivity index (χ3n) is 3.73. The molecule has 0 saturated carbocycles. The van der Waals surface area contributed by atoms with E-state index in [-0.39, 0.29) is 17.9 Å². The van der Waals surface area contributed by atoms with E-state index < -0.39 is 0 Å². The van der Waals surface area contributed by atoms with E-state index >= 15 is 0 Å². The second kappa shape index (κ2) is 4.53. The fraction of sp³-hybridized carbons (Fsp3) is 0.429. The lowest BCUT2D eigenvalue weighted by atomic mass is 10.0. The zero-order valence-corrected chi connectivity index (χ0v) is 10.1. The molecule has 3 rings (SSSR count). The summed E-state index contributed by atoms with van der Waals surface area (Å²) in [5.41, 5.74) is 2.73. The van der Waals surface area contributed by atoms with Crippen LogP contribution < -0.4 is 10.6 Å². The number of hydrogen-bond acceptors (Lipinski definition) is 3. The number of hydrogen-bond donors (Lipinski definition) is 2. The summed E-state index contributed by atoms with van der Waals surface area (Å²) >= 11 is 0. The number of imide groups is 1. The molecule has 1 heterocycles. The lowest BCUT2D eigenvalue weighted by Crippen LogP contribution is -2.53. The van der Waals surface area contributed by atoms with Gasteiger partial charge in [-0.25, -0.2) is 0 Å². The minimum atomic E-state index is -0.220. The molecule has 1 fully saturated rings. The molecule has 4 nitrogen and oxygen atoms in total. The molecule has 0 spiro atoms. The Balaban J connectivity index is 1.63. The van der Waals surface area contributed by atoms with E-state index in [4.69, 9.17) is 0 Å². The highest BCUT2D eigenvalue weighted by Crippen LogP contribution is 2.22. The zero-order valence-electron chi connectivity index (χ0n) is 10.1. The van der Waals surface area contributed by atoms with Crippen LogP contribution in [0.2, 0.25) is 0 Å². The van der Waals surface area contributed by atoms with Crippen molar-refractivity contribution in [1.82, 2.24) is 10.6 Å². The molecule has 94 valence electrons. The van der Waals surface area contributed by atoms with Gasteiger partial charge in [-0.3, -0.25) is 14.9 Å². The topological polar surface area (TPSA) is 58.2 Å². The maximum absolute atomic E-state index is 11.7. The molecule has 1 saturated heterocycles. The van der Waals surface area contributed by atoms with Crippen molar-refractivity contribution in [3.63, 3.8) is 0 Å². The van der Waals surface area contributed by atoms with Crippen LogP contribution in [0.5, 0.6) is 0 Å². The van der Waals surface area contributed by atoms with E-state index in [1.54, 1.807) is 0 Å². The summed E-state index contributed by atoms with van der Waals surface area (Å²) in [6.07, 6.45) is 2.97. The molecule has 0 bridgehead atoms. The molecule has 1 atom stereocenters. The van der Waals surface area contributed by atoms with Gasteiger partial charge in [0, 0.05) is 12.5 Å². The SMILES string of the molecule is O=C1CCC(NC2Cc3ccccc3C2)C(=O)N1. The van der Waals surface area contributed by atoms with E-state index in [2.05, 4.69) is 22.8 Å². The van der Waals surface area contributed by atoms with Crippen LogP contribution in [0.25, 0.3) is 0 Å². The van der Waals surface area contributed by atoms with Crippen LogP contribution >= 0.6 is 0 Å². The van der Waals surface area contributed by atoms with Gasteiger partial charge < -0.3 is 5.32 Å². The second-order valence-electron chi connectivity index (χ2n) is 5.04. The quantitative estimate of drug-likeness (QED) is 0.747. The zero-order chi connectivity index (χ0) is 12.5. The molecule has 1 aromatic carbocycles. The van der Waals surface area contributed by atoms with E-state index in [0.29, 0.717) is 18.9 Å². The molecule has 2 N–H and O–H groups in total. The molecular formula is C14H16N2O2. The first-order valence-electron chi connectivity index (χ1n) is 6.39. The number of rotatable bonds is 2. The molecule has 4 heteroatoms. The minimum Gasteiger partial charge on any atom is -0.302 e. The van der Waals surface area contributed by atoms with Crippen molar-refractivity contribution in [3.05, 3.63) is 35.4 Å². The smallest absolute Gasteiger partial charge is 0.243 e. The standard InChI is InChI=1S/C14H16N2O2/c17-13-6-5-12(14(18)16-13)15-11-7-9-3-1-2-4-10(9)8-11/h1-4,11-12,15H,5-8H2,(H,16,17,18). The average molecular weight is 244 g/mol. The van der Waals surface area contributed by atoms with E-state index in [9.17, 15) is 9.59 Å². The van der Waals surface area contributed by atoms with Gasteiger partial charge in [0.05, 0.1) is 6.04 Å². The third-order valence-corrected chi connectivity index (χ3v) is 3.73. The van der Waals surface area contributed by atoms with Crippen molar-refractivity contribution in [3.8, 4) is 0 Å². The highest BCUT2D eigenvalue weighted by atomic mass is 16.2. The third kappa shape index (κ3) is 2.16. The largest absolute Gasteiger partial charge is 0.302 e. The highest BCUT2D eigenvalue weighted by Gasteiger charge is 2.30. The molecule has 1 aromatic rings. The Morgan fingerprint density at radius 1 is 1.11 bits per heavy atom. The summed E-state index contributed by atoms with van der Waals surface area (Å²) in [5, 5.41) is 5.75. The summed E-state index contributed by atoms with van der Waals surface area (Å²) in [6, 6.07) is 8.47. The van der Waals surface area contributed by atoms with Crippen molar-refractivity contribution in [2.45, 2.75) is 37.8 Å². The maximum Gasteiger partial charge on any atom is 0.243 e. The highest BCUT2D eigenvalue weighted by molar-refractivity contribution is 6.00. The minimum absolute atomic E-state index is 0.159. The van der Waals surface area contributed by atoms with Gasteiger partial charge in [-0.05, 0) is 30.4 Å². The molecular weight excluding hydrogens is 228 g/mol. The van der Waals surface area contributed by atoms with Crippen LogP contribution in [0.15, 0.2) is 24.3 Å². The number of carbonyl (C=O) groups excluding carboxylic acids is 2. The Morgan fingerprint density at radius 2 is 1.78 bits per heavy atom. The number of nitrogens with one attached hydrogen (secondary N) is 2. The normalized spacial score (nSPS) is 23.9. The Morgan fingerprint density at radius 3 is 2.39 bits per heavy atom. The van der Waals surface area contributed by atoms with Gasteiger partial charge in [0.2, 0.25) is 11.8 Å². The monoisotopic (exact) mass is 244 g/mol. The van der Waals surface area contributed by atoms with Gasteiger partial charge in [0.1, 0.15) is 0 Å². The summed E-state index contributed by atoms with van der Waals surface area (Å²) in [7, 11) is 0. The van der Waals surface area contributed by atoms with Crippen molar-refractivity contribution in [2.75, 3.05) is 0 Å². The number of benzene rings is 1. The molecule has 1 aliphatic heterocycles.